The Balaban J connectivity index is 3.14. The summed E-state index contributed by atoms with van der Waals surface area (Å²) >= 11 is 0. The van der Waals surface area contributed by atoms with Crippen molar-refractivity contribution in [2.75, 3.05) is 0 Å². The normalized spacial score (nSPS) is 12.2. The van der Waals surface area contributed by atoms with Crippen LogP contribution in [0, 0.1) is 6.92 Å². The van der Waals surface area contributed by atoms with E-state index in [4.69, 9.17) is 0 Å². The van der Waals surface area contributed by atoms with E-state index >= 15 is 0 Å². The second-order valence-corrected chi connectivity index (χ2v) is 1.06. The van der Waals surface area contributed by atoms with Crippen molar-refractivity contribution in [3.63, 3.8) is 0 Å². The minimum Gasteiger partial charge on any atom is -0.212 e. The average Bonchev–Trinajstić information content (AvgIpc) is 1.35. The van der Waals surface area contributed by atoms with Gasteiger partial charge in [0.1, 0.15) is 0 Å². The van der Waals surface area contributed by atoms with Crippen LogP contribution in [0.4, 0.5) is 4.39 Å². The highest BCUT2D eigenvalue weighted by molar-refractivity contribution is 4.92. The molecule has 0 rings (SSSR count). The number of hydrogen-bond acceptors (Lipinski definition) is 0. The Hall–Kier alpha value is -0.330. The summed E-state index contributed by atoms with van der Waals surface area (Å²) in [5, 5.41) is 0. The molecule has 6 heavy (non-hydrogen) atoms. The molecule has 35 valence electrons. The highest BCUT2D eigenvalue weighted by Gasteiger charge is 1.73. The first kappa shape index (κ1) is 5.67. The lowest BCUT2D eigenvalue weighted by Gasteiger charge is -1.75. The van der Waals surface area contributed by atoms with Crippen molar-refractivity contribution in [3.05, 3.63) is 18.8 Å². The van der Waals surface area contributed by atoms with E-state index in [1.54, 1.807) is 0 Å². The first-order valence-corrected chi connectivity index (χ1v) is 1.95. The summed E-state index contributed by atoms with van der Waals surface area (Å²) in [4.78, 5) is 0. The summed E-state index contributed by atoms with van der Waals surface area (Å²) < 4.78 is 11.5. The van der Waals surface area contributed by atoms with Crippen LogP contribution in [0.25, 0.3) is 0 Å². The van der Waals surface area contributed by atoms with E-state index in [1.807, 2.05) is 6.92 Å². The lowest BCUT2D eigenvalue weighted by molar-refractivity contribution is 0.660. The molecule has 0 aromatic rings. The van der Waals surface area contributed by atoms with Crippen LogP contribution in [-0.4, -0.2) is 0 Å². The zero-order chi connectivity index (χ0) is 4.99. The van der Waals surface area contributed by atoms with Gasteiger partial charge >= 0.3 is 0 Å². The fraction of sp³-hybridized carbons (Fsp3) is 0.400. The van der Waals surface area contributed by atoms with Gasteiger partial charge in [-0.05, 0) is 6.42 Å². The lowest BCUT2D eigenvalue weighted by Crippen LogP contribution is -1.56. The fourth-order valence-electron chi connectivity index (χ4n) is 0.221. The van der Waals surface area contributed by atoms with Crippen molar-refractivity contribution in [2.24, 2.45) is 0 Å². The first-order valence-electron chi connectivity index (χ1n) is 1.95. The monoisotopic (exact) mass is 87.1 g/mol. The third-order valence-electron chi connectivity index (χ3n) is 0.426. The topological polar surface area (TPSA) is 0 Å². The van der Waals surface area contributed by atoms with E-state index in [-0.39, 0.29) is 5.83 Å². The molecule has 0 bridgehead atoms. The molecule has 0 aliphatic carbocycles. The van der Waals surface area contributed by atoms with Crippen LogP contribution in [0.1, 0.15) is 13.3 Å². The average molecular weight is 87.1 g/mol. The molecule has 0 unspecified atom stereocenters. The summed E-state index contributed by atoms with van der Waals surface area (Å²) in [6.45, 7) is 4.89. The zero-order valence-electron chi connectivity index (χ0n) is 3.87. The van der Waals surface area contributed by atoms with Crippen LogP contribution < -0.4 is 0 Å². The van der Waals surface area contributed by atoms with Crippen molar-refractivity contribution < 1.29 is 4.39 Å². The summed E-state index contributed by atoms with van der Waals surface area (Å²) in [7, 11) is 0. The van der Waals surface area contributed by atoms with E-state index < -0.39 is 0 Å². The second kappa shape index (κ2) is 2.88. The summed E-state index contributed by atoms with van der Waals surface area (Å²) in [5.74, 6) is -0.336. The number of rotatable bonds is 1. The van der Waals surface area contributed by atoms with Crippen molar-refractivity contribution in [2.45, 2.75) is 13.3 Å². The van der Waals surface area contributed by atoms with Gasteiger partial charge in [0, 0.05) is 6.92 Å². The molecule has 0 aromatic carbocycles. The molecule has 0 atom stereocenters. The van der Waals surface area contributed by atoms with Crippen LogP contribution in [0.5, 0.6) is 0 Å². The largest absolute Gasteiger partial charge is 0.212 e. The van der Waals surface area contributed by atoms with Gasteiger partial charge in [0.15, 0.2) is 0 Å². The van der Waals surface area contributed by atoms with Gasteiger partial charge in [-0.3, -0.25) is 0 Å². The molecule has 1 radical (unpaired) electrons. The molecule has 0 saturated carbocycles. The Morgan fingerprint density at radius 3 is 2.50 bits per heavy atom. The minimum atomic E-state index is -0.336. The van der Waals surface area contributed by atoms with Crippen LogP contribution in [0.3, 0.4) is 0 Å². The smallest absolute Gasteiger partial charge is 0.0963 e. The van der Waals surface area contributed by atoms with Gasteiger partial charge in [-0.25, -0.2) is 4.39 Å². The second-order valence-electron chi connectivity index (χ2n) is 1.06. The van der Waals surface area contributed by atoms with Crippen LogP contribution in [0.2, 0.25) is 0 Å². The maximum atomic E-state index is 11.5. The van der Waals surface area contributed by atoms with Gasteiger partial charge in [0.05, 0.1) is 5.83 Å². The molecule has 0 saturated heterocycles. The first-order chi connectivity index (χ1) is 2.77. The summed E-state index contributed by atoms with van der Waals surface area (Å²) in [5.41, 5.74) is 0. The molecule has 0 spiro atoms. The molecule has 0 aromatic heterocycles. The van der Waals surface area contributed by atoms with Crippen molar-refractivity contribution in [3.8, 4) is 0 Å². The molecule has 1 heteroatoms. The summed E-state index contributed by atoms with van der Waals surface area (Å²) in [6, 6.07) is 0. The number of halogens is 1. The third-order valence-corrected chi connectivity index (χ3v) is 0.426. The maximum Gasteiger partial charge on any atom is 0.0963 e. The Kier molecular flexibility index (Phi) is 2.73. The standard InChI is InChI=1S/C5H8F/c1-3-4-5(2)6/h4H,2-3H2,1H3. The van der Waals surface area contributed by atoms with E-state index in [9.17, 15) is 4.39 Å². The predicted molar refractivity (Wildman–Crippen MR) is 24.8 cm³/mol. The van der Waals surface area contributed by atoms with Gasteiger partial charge in [0.2, 0.25) is 0 Å². The van der Waals surface area contributed by atoms with E-state index in [2.05, 4.69) is 6.92 Å². The van der Waals surface area contributed by atoms with E-state index in [0.29, 0.717) is 0 Å². The van der Waals surface area contributed by atoms with Gasteiger partial charge < -0.3 is 0 Å². The van der Waals surface area contributed by atoms with Crippen molar-refractivity contribution >= 4 is 0 Å². The van der Waals surface area contributed by atoms with Gasteiger partial charge in [0.25, 0.3) is 0 Å². The Labute approximate surface area is 37.7 Å². The van der Waals surface area contributed by atoms with Crippen molar-refractivity contribution in [1.29, 1.82) is 0 Å². The van der Waals surface area contributed by atoms with Crippen LogP contribution >= 0.6 is 0 Å². The molecule has 0 nitrogen and oxygen atoms in total. The van der Waals surface area contributed by atoms with E-state index in [1.165, 1.54) is 6.08 Å². The Morgan fingerprint density at radius 2 is 2.50 bits per heavy atom. The maximum absolute atomic E-state index is 11.5. The quantitative estimate of drug-likeness (QED) is 0.459. The van der Waals surface area contributed by atoms with E-state index in [0.717, 1.165) is 6.42 Å². The van der Waals surface area contributed by atoms with Gasteiger partial charge in [-0.2, -0.15) is 0 Å². The predicted octanol–water partition coefficient (Wildman–Crippen LogP) is 2.08. The SMILES string of the molecule is [CH2]C(F)=CCC. The number of hydrogen-bond donors (Lipinski definition) is 0. The highest BCUT2D eigenvalue weighted by atomic mass is 19.1. The molecule has 0 amide bonds. The highest BCUT2D eigenvalue weighted by Crippen LogP contribution is 1.91. The molecule has 0 aliphatic rings. The molecule has 0 N–H and O–H groups in total. The molecule has 0 aliphatic heterocycles. The zero-order valence-corrected chi connectivity index (χ0v) is 3.87. The lowest BCUT2D eigenvalue weighted by atomic mass is 10.4. The number of allylic oxidation sites excluding steroid dienone is 2. The Bertz CT molecular complexity index is 51.0. The van der Waals surface area contributed by atoms with Crippen molar-refractivity contribution in [1.82, 2.24) is 0 Å². The van der Waals surface area contributed by atoms with Gasteiger partial charge in [-0.15, -0.1) is 0 Å². The summed E-state index contributed by atoms with van der Waals surface area (Å²) in [6.07, 6.45) is 2.16. The molecular weight excluding hydrogens is 79.1 g/mol. The molecule has 0 heterocycles. The minimum absolute atomic E-state index is 0.336. The Morgan fingerprint density at radius 1 is 2.00 bits per heavy atom. The van der Waals surface area contributed by atoms with Crippen LogP contribution in [0.15, 0.2) is 11.9 Å². The van der Waals surface area contributed by atoms with Crippen LogP contribution in [-0.2, 0) is 0 Å². The fourth-order valence-corrected chi connectivity index (χ4v) is 0.221. The molecular formula is C5H8F. The third kappa shape index (κ3) is 3.67. The van der Waals surface area contributed by atoms with Gasteiger partial charge in [-0.1, -0.05) is 13.0 Å². The molecule has 0 fully saturated rings.